The lowest BCUT2D eigenvalue weighted by molar-refractivity contribution is 1.07. The molecule has 0 bridgehead atoms. The maximum absolute atomic E-state index is 2.42. The van der Waals surface area contributed by atoms with Gasteiger partial charge in [0.25, 0.3) is 0 Å². The Hall–Kier alpha value is -7.10. The predicted molar refractivity (Wildman–Crippen MR) is 223 cm³/mol. The molecule has 10 aromatic rings. The zero-order chi connectivity index (χ0) is 35.1. The highest BCUT2D eigenvalue weighted by Gasteiger charge is 2.22. The van der Waals surface area contributed by atoms with Crippen molar-refractivity contribution in [2.75, 3.05) is 4.90 Å². The fourth-order valence-electron chi connectivity index (χ4n) is 7.87. The molecular formula is C50H35N3. The van der Waals surface area contributed by atoms with Crippen LogP contribution in [0.5, 0.6) is 0 Å². The number of benzene rings is 8. The molecule has 0 atom stereocenters. The third kappa shape index (κ3) is 5.30. The van der Waals surface area contributed by atoms with E-state index in [4.69, 9.17) is 0 Å². The maximum atomic E-state index is 2.42. The molecule has 0 spiro atoms. The van der Waals surface area contributed by atoms with Gasteiger partial charge in [-0.3, -0.25) is 9.13 Å². The Morgan fingerprint density at radius 1 is 0.302 bits per heavy atom. The Balaban J connectivity index is 1.11. The van der Waals surface area contributed by atoms with E-state index in [0.29, 0.717) is 0 Å². The highest BCUT2D eigenvalue weighted by atomic mass is 15.1. The molecule has 0 amide bonds. The molecule has 2 aromatic heterocycles. The zero-order valence-corrected chi connectivity index (χ0v) is 29.0. The first-order valence-corrected chi connectivity index (χ1v) is 18.1. The predicted octanol–water partition coefficient (Wildman–Crippen LogP) is 13.5. The van der Waals surface area contributed by atoms with Crippen molar-refractivity contribution in [3.8, 4) is 33.6 Å². The molecule has 2 heterocycles. The van der Waals surface area contributed by atoms with Crippen molar-refractivity contribution < 1.29 is 0 Å². The summed E-state index contributed by atoms with van der Waals surface area (Å²) in [6, 6.07) is 76.1. The fraction of sp³-hybridized carbons (Fsp3) is 0. The smallest absolute Gasteiger partial charge is 0.131 e. The number of fused-ring (bicyclic) bond motifs is 5. The van der Waals surface area contributed by atoms with Crippen LogP contribution in [0.25, 0.3) is 66.5 Å². The largest absolute Gasteiger partial charge is 0.311 e. The summed E-state index contributed by atoms with van der Waals surface area (Å²) in [5.74, 6) is 0. The van der Waals surface area contributed by atoms with Crippen LogP contribution in [0.3, 0.4) is 0 Å². The average molecular weight is 678 g/mol. The number of nitrogens with zero attached hydrogens (tertiary/aromatic N) is 3. The lowest BCUT2D eigenvalue weighted by Crippen LogP contribution is -2.09. The summed E-state index contributed by atoms with van der Waals surface area (Å²) in [5, 5.41) is 3.74. The van der Waals surface area contributed by atoms with Crippen LogP contribution in [0.4, 0.5) is 17.1 Å². The van der Waals surface area contributed by atoms with E-state index in [9.17, 15) is 0 Å². The van der Waals surface area contributed by atoms with E-state index in [-0.39, 0.29) is 0 Å². The second-order valence-electron chi connectivity index (χ2n) is 13.4. The van der Waals surface area contributed by atoms with Gasteiger partial charge in [0, 0.05) is 44.6 Å². The molecule has 0 radical (unpaired) electrons. The summed E-state index contributed by atoms with van der Waals surface area (Å²) < 4.78 is 4.84. The third-order valence-electron chi connectivity index (χ3n) is 10.3. The normalized spacial score (nSPS) is 11.4. The van der Waals surface area contributed by atoms with E-state index in [1.165, 1.54) is 55.1 Å². The number of rotatable bonds is 7. The van der Waals surface area contributed by atoms with E-state index in [1.54, 1.807) is 0 Å². The van der Waals surface area contributed by atoms with Crippen molar-refractivity contribution >= 4 is 49.9 Å². The summed E-state index contributed by atoms with van der Waals surface area (Å²) in [5.41, 5.74) is 14.0. The van der Waals surface area contributed by atoms with Gasteiger partial charge in [0.15, 0.2) is 0 Å². The van der Waals surface area contributed by atoms with Crippen molar-refractivity contribution in [3.63, 3.8) is 0 Å². The Morgan fingerprint density at radius 2 is 0.717 bits per heavy atom. The molecule has 3 nitrogen and oxygen atoms in total. The minimum atomic E-state index is 1.11. The number of hydrogen-bond acceptors (Lipinski definition) is 1. The quantitative estimate of drug-likeness (QED) is 0.164. The van der Waals surface area contributed by atoms with Crippen LogP contribution in [-0.2, 0) is 0 Å². The molecule has 8 aromatic carbocycles. The lowest BCUT2D eigenvalue weighted by Gasteiger charge is -2.26. The molecule has 250 valence electrons. The van der Waals surface area contributed by atoms with Gasteiger partial charge < -0.3 is 4.90 Å². The molecule has 3 heteroatoms. The van der Waals surface area contributed by atoms with Gasteiger partial charge in [0.2, 0.25) is 0 Å². The van der Waals surface area contributed by atoms with Crippen LogP contribution in [-0.4, -0.2) is 9.13 Å². The molecule has 0 aliphatic heterocycles. The van der Waals surface area contributed by atoms with E-state index < -0.39 is 0 Å². The van der Waals surface area contributed by atoms with Crippen LogP contribution in [0.1, 0.15) is 0 Å². The van der Waals surface area contributed by atoms with Crippen molar-refractivity contribution in [1.29, 1.82) is 0 Å². The van der Waals surface area contributed by atoms with Crippen molar-refractivity contribution in [2.24, 2.45) is 0 Å². The summed E-state index contributed by atoms with van der Waals surface area (Å²) in [7, 11) is 0. The van der Waals surface area contributed by atoms with Gasteiger partial charge in [-0.25, -0.2) is 0 Å². The molecule has 0 aliphatic carbocycles. The van der Waals surface area contributed by atoms with E-state index in [2.05, 4.69) is 226 Å². The number of para-hydroxylation sites is 4. The van der Waals surface area contributed by atoms with Gasteiger partial charge in [-0.2, -0.15) is 0 Å². The molecular weight excluding hydrogens is 643 g/mol. The lowest BCUT2D eigenvalue weighted by atomic mass is 10.0. The molecule has 0 N–H and O–H groups in total. The van der Waals surface area contributed by atoms with Gasteiger partial charge in [-0.1, -0.05) is 133 Å². The van der Waals surface area contributed by atoms with Crippen molar-refractivity contribution in [1.82, 2.24) is 9.13 Å². The Morgan fingerprint density at radius 3 is 1.30 bits per heavy atom. The first-order valence-electron chi connectivity index (χ1n) is 18.1. The SMILES string of the molecule is c1ccc(-c2ccc(N(c3ccccc3)c3ccc(-c4ccc5c(c4)c4c6ccccc6n(-c6ccccc6)c4n5-c4ccccc4)cc3)cc2)cc1. The number of anilines is 3. The third-order valence-corrected chi connectivity index (χ3v) is 10.3. The molecule has 10 rings (SSSR count). The maximum Gasteiger partial charge on any atom is 0.131 e. The van der Waals surface area contributed by atoms with Crippen molar-refractivity contribution in [3.05, 3.63) is 212 Å². The van der Waals surface area contributed by atoms with Crippen LogP contribution < -0.4 is 4.90 Å². The highest BCUT2D eigenvalue weighted by Crippen LogP contribution is 2.43. The molecule has 0 saturated heterocycles. The summed E-state index contributed by atoms with van der Waals surface area (Å²) in [4.78, 5) is 2.32. The van der Waals surface area contributed by atoms with Crippen LogP contribution in [0, 0.1) is 0 Å². The molecule has 0 fully saturated rings. The second kappa shape index (κ2) is 12.9. The molecule has 0 saturated carbocycles. The van der Waals surface area contributed by atoms with Gasteiger partial charge in [-0.15, -0.1) is 0 Å². The summed E-state index contributed by atoms with van der Waals surface area (Å²) >= 11 is 0. The monoisotopic (exact) mass is 677 g/mol. The first-order chi connectivity index (χ1) is 26.3. The molecule has 0 unspecified atom stereocenters. The van der Waals surface area contributed by atoms with Crippen molar-refractivity contribution in [2.45, 2.75) is 0 Å². The van der Waals surface area contributed by atoms with E-state index >= 15 is 0 Å². The molecule has 0 aliphatic rings. The minimum Gasteiger partial charge on any atom is -0.311 e. The summed E-state index contributed by atoms with van der Waals surface area (Å²) in [6.45, 7) is 0. The van der Waals surface area contributed by atoms with Gasteiger partial charge in [0.1, 0.15) is 5.65 Å². The van der Waals surface area contributed by atoms with Crippen LogP contribution in [0.15, 0.2) is 212 Å². The van der Waals surface area contributed by atoms with Crippen LogP contribution >= 0.6 is 0 Å². The van der Waals surface area contributed by atoms with Gasteiger partial charge in [-0.05, 0) is 101 Å². The minimum absolute atomic E-state index is 1.11. The van der Waals surface area contributed by atoms with E-state index in [0.717, 1.165) is 28.4 Å². The van der Waals surface area contributed by atoms with Gasteiger partial charge in [0.05, 0.1) is 11.0 Å². The topological polar surface area (TPSA) is 13.1 Å². The van der Waals surface area contributed by atoms with Crippen LogP contribution in [0.2, 0.25) is 0 Å². The zero-order valence-electron chi connectivity index (χ0n) is 29.0. The molecule has 53 heavy (non-hydrogen) atoms. The van der Waals surface area contributed by atoms with E-state index in [1.807, 2.05) is 0 Å². The Kier molecular flexibility index (Phi) is 7.47. The second-order valence-corrected chi connectivity index (χ2v) is 13.4. The van der Waals surface area contributed by atoms with Gasteiger partial charge >= 0.3 is 0 Å². The fourth-order valence-corrected chi connectivity index (χ4v) is 7.87. The Bertz CT molecular complexity index is 2840. The highest BCUT2D eigenvalue weighted by molar-refractivity contribution is 6.23. The number of hydrogen-bond donors (Lipinski definition) is 0. The standard InChI is InChI=1S/C50H35N3/c1-5-15-36(16-6-1)37-25-30-43(31-26-37)51(40-17-7-2-8-18-40)44-32-27-38(28-33-44)39-29-34-48-46(35-39)49-45-23-13-14-24-47(45)52(41-19-9-3-10-20-41)50(49)53(48)42-21-11-4-12-22-42/h1-35H. The average Bonchev–Trinajstić information content (AvgIpc) is 3.75. The Labute approximate surface area is 308 Å². The summed E-state index contributed by atoms with van der Waals surface area (Å²) in [6.07, 6.45) is 0. The first kappa shape index (κ1) is 30.7. The number of aromatic nitrogens is 2.